The van der Waals surface area contributed by atoms with Crippen molar-refractivity contribution in [3.05, 3.63) is 42.0 Å². The fourth-order valence-electron chi connectivity index (χ4n) is 4.23. The van der Waals surface area contributed by atoms with Gasteiger partial charge in [-0.3, -0.25) is 9.69 Å². The lowest BCUT2D eigenvalue weighted by atomic mass is 10.1. The highest BCUT2D eigenvalue weighted by molar-refractivity contribution is 7.91. The van der Waals surface area contributed by atoms with Gasteiger partial charge in [-0.15, -0.1) is 0 Å². The first-order chi connectivity index (χ1) is 13.3. The van der Waals surface area contributed by atoms with Crippen LogP contribution in [0.4, 0.5) is 5.69 Å². The van der Waals surface area contributed by atoms with E-state index >= 15 is 0 Å². The summed E-state index contributed by atoms with van der Waals surface area (Å²) in [5.74, 6) is 0.357. The van der Waals surface area contributed by atoms with Gasteiger partial charge in [-0.1, -0.05) is 0 Å². The molecule has 0 spiro atoms. The van der Waals surface area contributed by atoms with Crippen LogP contribution < -0.4 is 5.32 Å². The summed E-state index contributed by atoms with van der Waals surface area (Å²) in [5, 5.41) is 3.00. The molecule has 2 unspecified atom stereocenters. The van der Waals surface area contributed by atoms with Gasteiger partial charge in [0.1, 0.15) is 0 Å². The molecule has 2 saturated heterocycles. The number of rotatable bonds is 4. The van der Waals surface area contributed by atoms with Crippen molar-refractivity contribution in [2.24, 2.45) is 0 Å². The molecule has 150 valence electrons. The Hall–Kier alpha value is -2.19. The van der Waals surface area contributed by atoms with Gasteiger partial charge >= 0.3 is 0 Å². The molecule has 2 aliphatic rings. The van der Waals surface area contributed by atoms with Gasteiger partial charge in [0.25, 0.3) is 0 Å². The van der Waals surface area contributed by atoms with Crippen LogP contribution in [0.3, 0.4) is 0 Å². The molecule has 0 saturated carbocycles. The molecule has 28 heavy (non-hydrogen) atoms. The zero-order valence-corrected chi connectivity index (χ0v) is 17.1. The molecule has 0 aliphatic carbocycles. The fraction of sp³-hybridized carbons (Fsp3) is 0.500. The first kappa shape index (κ1) is 19.1. The third-order valence-corrected chi connectivity index (χ3v) is 7.69. The number of benzene rings is 1. The highest BCUT2D eigenvalue weighted by atomic mass is 32.2. The monoisotopic (exact) mass is 402 g/mol. The Morgan fingerprint density at radius 3 is 2.54 bits per heavy atom. The Morgan fingerprint density at radius 2 is 1.93 bits per heavy atom. The van der Waals surface area contributed by atoms with Crippen LogP contribution >= 0.6 is 0 Å². The number of nitrogens with zero attached hydrogens (tertiary/aromatic N) is 3. The van der Waals surface area contributed by atoms with Crippen LogP contribution in [0, 0.1) is 13.8 Å². The number of hydrogen-bond acceptors (Lipinski definition) is 5. The lowest BCUT2D eigenvalue weighted by molar-refractivity contribution is -0.120. The van der Waals surface area contributed by atoms with Crippen molar-refractivity contribution in [3.8, 4) is 5.69 Å². The second kappa shape index (κ2) is 7.33. The number of imidazole rings is 1. The molecule has 2 atom stereocenters. The Labute approximate surface area is 165 Å². The Bertz CT molecular complexity index is 981. The molecular formula is C20H26N4O3S. The maximum absolute atomic E-state index is 12.8. The summed E-state index contributed by atoms with van der Waals surface area (Å²) in [7, 11) is -2.95. The van der Waals surface area contributed by atoms with Gasteiger partial charge < -0.3 is 9.88 Å². The minimum atomic E-state index is -2.95. The normalized spacial score (nSPS) is 24.5. The van der Waals surface area contributed by atoms with E-state index in [0.717, 1.165) is 42.1 Å². The molecule has 8 heteroatoms. The summed E-state index contributed by atoms with van der Waals surface area (Å²) in [4.78, 5) is 19.2. The smallest absolute Gasteiger partial charge is 0.241 e. The molecule has 0 bridgehead atoms. The largest absolute Gasteiger partial charge is 0.325 e. The molecule has 0 radical (unpaired) electrons. The van der Waals surface area contributed by atoms with E-state index in [9.17, 15) is 13.2 Å². The van der Waals surface area contributed by atoms with Crippen LogP contribution in [0.15, 0.2) is 30.6 Å². The Balaban J connectivity index is 1.44. The third-order valence-electron chi connectivity index (χ3n) is 5.94. The van der Waals surface area contributed by atoms with Crippen LogP contribution in [0.25, 0.3) is 5.69 Å². The van der Waals surface area contributed by atoms with Gasteiger partial charge in [0, 0.05) is 23.1 Å². The maximum Gasteiger partial charge on any atom is 0.241 e. The number of hydrogen-bond donors (Lipinski definition) is 1. The molecule has 1 amide bonds. The number of amides is 1. The lowest BCUT2D eigenvalue weighted by Gasteiger charge is -2.28. The van der Waals surface area contributed by atoms with Crippen molar-refractivity contribution in [2.45, 2.75) is 45.2 Å². The van der Waals surface area contributed by atoms with E-state index in [-0.39, 0.29) is 29.5 Å². The molecular weight excluding hydrogens is 376 g/mol. The van der Waals surface area contributed by atoms with E-state index < -0.39 is 9.84 Å². The van der Waals surface area contributed by atoms with Crippen LogP contribution in [0.5, 0.6) is 0 Å². The molecule has 2 aliphatic heterocycles. The number of aromatic nitrogens is 2. The molecule has 2 fully saturated rings. The fourth-order valence-corrected chi connectivity index (χ4v) is 5.98. The van der Waals surface area contributed by atoms with Gasteiger partial charge in [-0.05, 0) is 63.9 Å². The number of aryl methyl sites for hydroxylation is 1. The first-order valence-corrected chi connectivity index (χ1v) is 11.5. The van der Waals surface area contributed by atoms with Crippen molar-refractivity contribution in [1.29, 1.82) is 0 Å². The summed E-state index contributed by atoms with van der Waals surface area (Å²) >= 11 is 0. The summed E-state index contributed by atoms with van der Waals surface area (Å²) in [6.07, 6.45) is 4.12. The molecule has 1 aromatic heterocycles. The number of carbonyl (C=O) groups is 1. The first-order valence-electron chi connectivity index (χ1n) is 9.72. The average molecular weight is 403 g/mol. The predicted octanol–water partition coefficient (Wildman–Crippen LogP) is 2.08. The molecule has 1 aromatic carbocycles. The minimum Gasteiger partial charge on any atom is -0.325 e. The number of sulfone groups is 1. The molecule has 7 nitrogen and oxygen atoms in total. The van der Waals surface area contributed by atoms with Crippen molar-refractivity contribution >= 4 is 21.4 Å². The van der Waals surface area contributed by atoms with E-state index in [1.807, 2.05) is 42.7 Å². The van der Waals surface area contributed by atoms with Crippen molar-refractivity contribution in [2.75, 3.05) is 23.4 Å². The number of carbonyl (C=O) groups excluding carboxylic acids is 1. The van der Waals surface area contributed by atoms with E-state index in [1.54, 1.807) is 6.33 Å². The average Bonchev–Trinajstić information content (AvgIpc) is 3.36. The van der Waals surface area contributed by atoms with Crippen molar-refractivity contribution in [1.82, 2.24) is 14.5 Å². The topological polar surface area (TPSA) is 84.3 Å². The van der Waals surface area contributed by atoms with Gasteiger partial charge in [0.05, 0.1) is 29.6 Å². The van der Waals surface area contributed by atoms with E-state index in [1.165, 1.54) is 0 Å². The number of nitrogens with one attached hydrogen (secondary N) is 1. The van der Waals surface area contributed by atoms with Crippen LogP contribution in [-0.2, 0) is 14.6 Å². The van der Waals surface area contributed by atoms with E-state index in [4.69, 9.17) is 0 Å². The zero-order chi connectivity index (χ0) is 19.9. The number of likely N-dealkylation sites (tertiary alicyclic amines) is 1. The second-order valence-corrected chi connectivity index (χ2v) is 10.0. The minimum absolute atomic E-state index is 0.0296. The Morgan fingerprint density at radius 1 is 1.18 bits per heavy atom. The highest BCUT2D eigenvalue weighted by Gasteiger charge is 2.40. The van der Waals surface area contributed by atoms with Crippen LogP contribution in [-0.4, -0.2) is 58.9 Å². The standard InChI is InChI=1S/C20H26N4O3S/c1-14-15(2)24(13-21-14)17-7-5-16(6-8-17)22-20(25)19-4-3-10-23(19)18-9-11-28(26,27)12-18/h5-8,13,18-19H,3-4,9-12H2,1-2H3,(H,22,25). The SMILES string of the molecule is Cc1ncn(-c2ccc(NC(=O)C3CCCN3C3CCS(=O)(=O)C3)cc2)c1C. The molecule has 1 N–H and O–H groups in total. The third kappa shape index (κ3) is 3.71. The number of anilines is 1. The van der Waals surface area contributed by atoms with Gasteiger partial charge in [-0.25, -0.2) is 13.4 Å². The molecule has 2 aromatic rings. The van der Waals surface area contributed by atoms with Crippen LogP contribution in [0.2, 0.25) is 0 Å². The van der Waals surface area contributed by atoms with Crippen molar-refractivity contribution in [3.63, 3.8) is 0 Å². The van der Waals surface area contributed by atoms with E-state index in [2.05, 4.69) is 15.2 Å². The Kier molecular flexibility index (Phi) is 5.01. The van der Waals surface area contributed by atoms with E-state index in [0.29, 0.717) is 6.42 Å². The highest BCUT2D eigenvalue weighted by Crippen LogP contribution is 2.27. The summed E-state index contributed by atoms with van der Waals surface area (Å²) < 4.78 is 25.6. The second-order valence-electron chi connectivity index (χ2n) is 7.77. The van der Waals surface area contributed by atoms with Crippen LogP contribution in [0.1, 0.15) is 30.7 Å². The van der Waals surface area contributed by atoms with Gasteiger partial charge in [0.15, 0.2) is 9.84 Å². The summed E-state index contributed by atoms with van der Waals surface area (Å²) in [5.41, 5.74) is 3.82. The summed E-state index contributed by atoms with van der Waals surface area (Å²) in [6, 6.07) is 7.41. The predicted molar refractivity (Wildman–Crippen MR) is 108 cm³/mol. The maximum atomic E-state index is 12.8. The van der Waals surface area contributed by atoms with Crippen molar-refractivity contribution < 1.29 is 13.2 Å². The molecule has 4 rings (SSSR count). The quantitative estimate of drug-likeness (QED) is 0.846. The molecule has 3 heterocycles. The summed E-state index contributed by atoms with van der Waals surface area (Å²) in [6.45, 7) is 4.79. The zero-order valence-electron chi connectivity index (χ0n) is 16.3. The lowest BCUT2D eigenvalue weighted by Crippen LogP contribution is -2.46. The van der Waals surface area contributed by atoms with Gasteiger partial charge in [-0.2, -0.15) is 0 Å². The van der Waals surface area contributed by atoms with Gasteiger partial charge in [0.2, 0.25) is 5.91 Å².